The number of nitrogens with zero attached hydrogens (tertiary/aromatic N) is 3. The zero-order valence-corrected chi connectivity index (χ0v) is 8.32. The van der Waals surface area contributed by atoms with E-state index in [1.54, 1.807) is 0 Å². The molecular weight excluding hydrogens is 178 g/mol. The average Bonchev–Trinajstić information content (AvgIpc) is 2.45. The molecule has 0 bridgehead atoms. The Kier molecular flexibility index (Phi) is 2.35. The molecular formula is C9H15N5. The maximum absolute atomic E-state index is 5.63. The summed E-state index contributed by atoms with van der Waals surface area (Å²) in [7, 11) is 2.06. The summed E-state index contributed by atoms with van der Waals surface area (Å²) in [5, 5.41) is 0. The van der Waals surface area contributed by atoms with E-state index in [0.29, 0.717) is 12.5 Å². The minimum absolute atomic E-state index is 0.363. The normalized spacial score (nSPS) is 15.9. The van der Waals surface area contributed by atoms with E-state index in [0.717, 1.165) is 30.9 Å². The van der Waals surface area contributed by atoms with Gasteiger partial charge in [-0.1, -0.05) is 0 Å². The van der Waals surface area contributed by atoms with Crippen LogP contribution in [0.4, 0.5) is 5.95 Å². The van der Waals surface area contributed by atoms with Gasteiger partial charge in [0.25, 0.3) is 0 Å². The molecule has 14 heavy (non-hydrogen) atoms. The van der Waals surface area contributed by atoms with Gasteiger partial charge in [-0.3, -0.25) is 4.90 Å². The summed E-state index contributed by atoms with van der Waals surface area (Å²) in [6, 6.07) is 0. The first-order valence-electron chi connectivity index (χ1n) is 4.73. The van der Waals surface area contributed by atoms with Crippen LogP contribution in [0.1, 0.15) is 17.0 Å². The minimum Gasteiger partial charge on any atom is -0.368 e. The Hall–Kier alpha value is -1.20. The molecule has 4 N–H and O–H groups in total. The van der Waals surface area contributed by atoms with Crippen molar-refractivity contribution in [3.05, 3.63) is 17.0 Å². The summed E-state index contributed by atoms with van der Waals surface area (Å²) >= 11 is 0. The molecule has 0 saturated heterocycles. The second-order valence-corrected chi connectivity index (χ2v) is 3.66. The quantitative estimate of drug-likeness (QED) is 0.662. The SMILES string of the molecule is CN1Cc2nc(N)nc(CCN)c2C1. The molecule has 1 aromatic rings. The first-order chi connectivity index (χ1) is 6.70. The van der Waals surface area contributed by atoms with Crippen LogP contribution in [0, 0.1) is 0 Å². The summed E-state index contributed by atoms with van der Waals surface area (Å²) in [5.74, 6) is 0.363. The third-order valence-electron chi connectivity index (χ3n) is 2.42. The number of anilines is 1. The molecule has 2 rings (SSSR count). The van der Waals surface area contributed by atoms with Crippen LogP contribution in [0.25, 0.3) is 0 Å². The molecule has 76 valence electrons. The van der Waals surface area contributed by atoms with Gasteiger partial charge in [0, 0.05) is 25.1 Å². The monoisotopic (exact) mass is 193 g/mol. The van der Waals surface area contributed by atoms with Crippen molar-refractivity contribution in [3.8, 4) is 0 Å². The number of hydrogen-bond donors (Lipinski definition) is 2. The smallest absolute Gasteiger partial charge is 0.220 e. The van der Waals surface area contributed by atoms with Crippen LogP contribution in [-0.4, -0.2) is 28.5 Å². The summed E-state index contributed by atoms with van der Waals surface area (Å²) in [6.07, 6.45) is 0.781. The van der Waals surface area contributed by atoms with Gasteiger partial charge in [-0.05, 0) is 13.6 Å². The Morgan fingerprint density at radius 1 is 1.36 bits per heavy atom. The molecule has 1 aliphatic heterocycles. The van der Waals surface area contributed by atoms with Crippen LogP contribution in [0.3, 0.4) is 0 Å². The number of rotatable bonds is 2. The topological polar surface area (TPSA) is 81.1 Å². The summed E-state index contributed by atoms with van der Waals surface area (Å²) in [4.78, 5) is 10.7. The number of nitrogen functional groups attached to an aromatic ring is 1. The van der Waals surface area contributed by atoms with Gasteiger partial charge in [0.1, 0.15) is 0 Å². The van der Waals surface area contributed by atoms with Gasteiger partial charge in [-0.2, -0.15) is 0 Å². The lowest BCUT2D eigenvalue weighted by atomic mass is 10.1. The van der Waals surface area contributed by atoms with E-state index in [9.17, 15) is 0 Å². The molecule has 0 unspecified atom stereocenters. The molecule has 1 aromatic heterocycles. The molecule has 0 radical (unpaired) electrons. The summed E-state index contributed by atoms with van der Waals surface area (Å²) in [6.45, 7) is 2.37. The molecule has 0 saturated carbocycles. The van der Waals surface area contributed by atoms with E-state index in [1.807, 2.05) is 0 Å². The highest BCUT2D eigenvalue weighted by Gasteiger charge is 2.21. The van der Waals surface area contributed by atoms with E-state index >= 15 is 0 Å². The van der Waals surface area contributed by atoms with E-state index < -0.39 is 0 Å². The maximum atomic E-state index is 5.63. The summed E-state index contributed by atoms with van der Waals surface area (Å²) in [5.41, 5.74) is 14.4. The van der Waals surface area contributed by atoms with Crippen LogP contribution in [0.15, 0.2) is 0 Å². The van der Waals surface area contributed by atoms with Crippen molar-refractivity contribution in [3.63, 3.8) is 0 Å². The number of fused-ring (bicyclic) bond motifs is 1. The van der Waals surface area contributed by atoms with Crippen LogP contribution in [-0.2, 0) is 19.5 Å². The molecule has 5 heteroatoms. The maximum Gasteiger partial charge on any atom is 0.220 e. The predicted octanol–water partition coefficient (Wildman–Crippen LogP) is -0.495. The largest absolute Gasteiger partial charge is 0.368 e. The molecule has 1 aliphatic rings. The van der Waals surface area contributed by atoms with E-state index in [4.69, 9.17) is 11.5 Å². The Morgan fingerprint density at radius 2 is 2.14 bits per heavy atom. The van der Waals surface area contributed by atoms with Gasteiger partial charge < -0.3 is 11.5 Å². The fourth-order valence-corrected chi connectivity index (χ4v) is 1.84. The second-order valence-electron chi connectivity index (χ2n) is 3.66. The lowest BCUT2D eigenvalue weighted by molar-refractivity contribution is 0.350. The number of nitrogens with two attached hydrogens (primary N) is 2. The van der Waals surface area contributed by atoms with Gasteiger partial charge >= 0.3 is 0 Å². The van der Waals surface area contributed by atoms with Crippen molar-refractivity contribution in [2.75, 3.05) is 19.3 Å². The van der Waals surface area contributed by atoms with Crippen molar-refractivity contribution in [2.45, 2.75) is 19.5 Å². The van der Waals surface area contributed by atoms with Crippen molar-refractivity contribution < 1.29 is 0 Å². The molecule has 0 fully saturated rings. The third-order valence-corrected chi connectivity index (χ3v) is 2.42. The standard InChI is InChI=1S/C9H15N5/c1-14-4-6-7(2-3-10)12-9(11)13-8(6)5-14/h2-5,10H2,1H3,(H2,11,12,13). The molecule has 0 aliphatic carbocycles. The minimum atomic E-state index is 0.363. The number of hydrogen-bond acceptors (Lipinski definition) is 5. The zero-order chi connectivity index (χ0) is 10.1. The average molecular weight is 193 g/mol. The number of aromatic nitrogens is 2. The van der Waals surface area contributed by atoms with Gasteiger partial charge in [0.05, 0.1) is 11.4 Å². The molecule has 0 aromatic carbocycles. The van der Waals surface area contributed by atoms with Gasteiger partial charge in [0.15, 0.2) is 0 Å². The van der Waals surface area contributed by atoms with Crippen molar-refractivity contribution in [1.29, 1.82) is 0 Å². The Labute approximate surface area is 83.1 Å². The van der Waals surface area contributed by atoms with Gasteiger partial charge in [-0.25, -0.2) is 9.97 Å². The van der Waals surface area contributed by atoms with Crippen molar-refractivity contribution in [2.24, 2.45) is 5.73 Å². The highest BCUT2D eigenvalue weighted by molar-refractivity contribution is 5.34. The van der Waals surface area contributed by atoms with Crippen LogP contribution in [0.5, 0.6) is 0 Å². The highest BCUT2D eigenvalue weighted by atomic mass is 15.1. The van der Waals surface area contributed by atoms with Gasteiger partial charge in [-0.15, -0.1) is 0 Å². The fraction of sp³-hybridized carbons (Fsp3) is 0.556. The van der Waals surface area contributed by atoms with E-state index in [1.165, 1.54) is 5.56 Å². The van der Waals surface area contributed by atoms with Crippen LogP contribution in [0.2, 0.25) is 0 Å². The lowest BCUT2D eigenvalue weighted by Crippen LogP contribution is -2.11. The lowest BCUT2D eigenvalue weighted by Gasteiger charge is -2.06. The Morgan fingerprint density at radius 3 is 2.86 bits per heavy atom. The van der Waals surface area contributed by atoms with Gasteiger partial charge in [0.2, 0.25) is 5.95 Å². The van der Waals surface area contributed by atoms with Crippen LogP contribution < -0.4 is 11.5 Å². The predicted molar refractivity (Wildman–Crippen MR) is 54.4 cm³/mol. The molecule has 0 spiro atoms. The Bertz CT molecular complexity index is 349. The van der Waals surface area contributed by atoms with E-state index in [2.05, 4.69) is 21.9 Å². The summed E-state index contributed by atoms with van der Waals surface area (Å²) < 4.78 is 0. The van der Waals surface area contributed by atoms with Crippen molar-refractivity contribution in [1.82, 2.24) is 14.9 Å². The van der Waals surface area contributed by atoms with Crippen LogP contribution >= 0.6 is 0 Å². The third kappa shape index (κ3) is 1.56. The Balaban J connectivity index is 2.41. The molecule has 5 nitrogen and oxygen atoms in total. The zero-order valence-electron chi connectivity index (χ0n) is 8.32. The first kappa shape index (κ1) is 9.36. The van der Waals surface area contributed by atoms with E-state index in [-0.39, 0.29) is 0 Å². The highest BCUT2D eigenvalue weighted by Crippen LogP contribution is 2.22. The fourth-order valence-electron chi connectivity index (χ4n) is 1.84. The first-order valence-corrected chi connectivity index (χ1v) is 4.73. The van der Waals surface area contributed by atoms with Crippen molar-refractivity contribution >= 4 is 5.95 Å². The second kappa shape index (κ2) is 3.51. The molecule has 0 amide bonds. The molecule has 2 heterocycles. The molecule has 0 atom stereocenters.